The van der Waals surface area contributed by atoms with Gasteiger partial charge in [0.05, 0.1) is 4.92 Å². The van der Waals surface area contributed by atoms with Crippen LogP contribution in [0.25, 0.3) is 0 Å². The highest BCUT2D eigenvalue weighted by atomic mass is 16.6. The van der Waals surface area contributed by atoms with Crippen LogP contribution in [0.2, 0.25) is 0 Å². The number of hydrogen-bond acceptors (Lipinski definition) is 5. The van der Waals surface area contributed by atoms with Crippen LogP contribution in [0.1, 0.15) is 30.3 Å². The molecule has 0 aromatic heterocycles. The molecule has 0 spiro atoms. The van der Waals surface area contributed by atoms with Crippen molar-refractivity contribution in [3.8, 4) is 0 Å². The van der Waals surface area contributed by atoms with Gasteiger partial charge in [0.25, 0.3) is 5.69 Å². The van der Waals surface area contributed by atoms with E-state index < -0.39 is 23.1 Å². The molecule has 0 radical (unpaired) electrons. The Hall–Kier alpha value is -2.73. The SMILES string of the molecule is CC(=O)OC(c1ccc([N+](=O)[O-])cc1)C(O)c1ccccc1. The fourth-order valence-corrected chi connectivity index (χ4v) is 2.10. The summed E-state index contributed by atoms with van der Waals surface area (Å²) in [5, 5.41) is 21.1. The Labute approximate surface area is 127 Å². The summed E-state index contributed by atoms with van der Waals surface area (Å²) in [6.07, 6.45) is -1.99. The maximum absolute atomic E-state index is 11.3. The van der Waals surface area contributed by atoms with E-state index in [0.717, 1.165) is 0 Å². The van der Waals surface area contributed by atoms with Gasteiger partial charge in [-0.15, -0.1) is 0 Å². The van der Waals surface area contributed by atoms with Crippen LogP contribution >= 0.6 is 0 Å². The number of aliphatic hydroxyl groups is 1. The Bertz CT molecular complexity index is 654. The lowest BCUT2D eigenvalue weighted by Gasteiger charge is -2.23. The van der Waals surface area contributed by atoms with E-state index >= 15 is 0 Å². The van der Waals surface area contributed by atoms with Crippen LogP contribution in [0.15, 0.2) is 54.6 Å². The molecule has 2 aromatic carbocycles. The number of nitro benzene ring substituents is 1. The molecule has 2 atom stereocenters. The van der Waals surface area contributed by atoms with Crippen LogP contribution in [0.4, 0.5) is 5.69 Å². The van der Waals surface area contributed by atoms with E-state index in [1.807, 2.05) is 6.07 Å². The highest BCUT2D eigenvalue weighted by Gasteiger charge is 2.26. The number of hydrogen-bond donors (Lipinski definition) is 1. The molecule has 2 unspecified atom stereocenters. The Kier molecular flexibility index (Phi) is 4.85. The molecule has 0 bridgehead atoms. The van der Waals surface area contributed by atoms with E-state index in [0.29, 0.717) is 11.1 Å². The molecule has 0 heterocycles. The number of rotatable bonds is 5. The number of carbonyl (C=O) groups is 1. The topological polar surface area (TPSA) is 89.7 Å². The van der Waals surface area contributed by atoms with E-state index in [1.165, 1.54) is 31.2 Å². The number of nitrogens with zero attached hydrogens (tertiary/aromatic N) is 1. The molecule has 0 aliphatic rings. The number of nitro groups is 1. The van der Waals surface area contributed by atoms with Crippen molar-refractivity contribution in [2.24, 2.45) is 0 Å². The summed E-state index contributed by atoms with van der Waals surface area (Å²) in [6, 6.07) is 14.3. The fourth-order valence-electron chi connectivity index (χ4n) is 2.10. The van der Waals surface area contributed by atoms with Gasteiger partial charge in [-0.05, 0) is 23.3 Å². The minimum atomic E-state index is -1.06. The summed E-state index contributed by atoms with van der Waals surface area (Å²) in [5.41, 5.74) is 1.00. The molecule has 22 heavy (non-hydrogen) atoms. The summed E-state index contributed by atoms with van der Waals surface area (Å²) in [5.74, 6) is -0.543. The first-order valence-corrected chi connectivity index (χ1v) is 6.63. The maximum atomic E-state index is 11.3. The van der Waals surface area contributed by atoms with E-state index in [4.69, 9.17) is 4.74 Å². The molecular formula is C16H15NO5. The van der Waals surface area contributed by atoms with Crippen LogP contribution in [-0.2, 0) is 9.53 Å². The summed E-state index contributed by atoms with van der Waals surface area (Å²) in [7, 11) is 0. The standard InChI is InChI=1S/C16H15NO5/c1-11(18)22-16(15(19)12-5-3-2-4-6-12)13-7-9-14(10-8-13)17(20)21/h2-10,15-16,19H,1H3. The molecule has 0 aliphatic heterocycles. The molecule has 2 aromatic rings. The average molecular weight is 301 g/mol. The Morgan fingerprint density at radius 1 is 1.09 bits per heavy atom. The minimum absolute atomic E-state index is 0.0699. The van der Waals surface area contributed by atoms with Crippen molar-refractivity contribution in [1.29, 1.82) is 0 Å². The lowest BCUT2D eigenvalue weighted by Crippen LogP contribution is -2.17. The first-order valence-electron chi connectivity index (χ1n) is 6.63. The molecular weight excluding hydrogens is 286 g/mol. The predicted molar refractivity (Wildman–Crippen MR) is 79.0 cm³/mol. The highest BCUT2D eigenvalue weighted by Crippen LogP contribution is 2.32. The second-order valence-electron chi connectivity index (χ2n) is 4.73. The van der Waals surface area contributed by atoms with Gasteiger partial charge in [-0.1, -0.05) is 30.3 Å². The molecule has 0 aliphatic carbocycles. The van der Waals surface area contributed by atoms with E-state index in [-0.39, 0.29) is 5.69 Å². The Morgan fingerprint density at radius 2 is 1.68 bits per heavy atom. The first-order chi connectivity index (χ1) is 10.5. The molecule has 6 heteroatoms. The van der Waals surface area contributed by atoms with Gasteiger partial charge in [0.15, 0.2) is 6.10 Å². The lowest BCUT2D eigenvalue weighted by molar-refractivity contribution is -0.384. The van der Waals surface area contributed by atoms with Gasteiger partial charge in [0.2, 0.25) is 0 Å². The number of ether oxygens (including phenoxy) is 1. The third kappa shape index (κ3) is 3.67. The number of benzene rings is 2. The lowest BCUT2D eigenvalue weighted by atomic mass is 9.98. The van der Waals surface area contributed by atoms with Gasteiger partial charge < -0.3 is 9.84 Å². The van der Waals surface area contributed by atoms with Crippen molar-refractivity contribution in [2.45, 2.75) is 19.1 Å². The van der Waals surface area contributed by atoms with Gasteiger partial charge >= 0.3 is 5.97 Å². The largest absolute Gasteiger partial charge is 0.455 e. The highest BCUT2D eigenvalue weighted by molar-refractivity contribution is 5.66. The normalized spacial score (nSPS) is 13.2. The van der Waals surface area contributed by atoms with Crippen LogP contribution in [0.5, 0.6) is 0 Å². The van der Waals surface area contributed by atoms with E-state index in [2.05, 4.69) is 0 Å². The summed E-state index contributed by atoms with van der Waals surface area (Å²) in [4.78, 5) is 21.5. The second kappa shape index (κ2) is 6.82. The van der Waals surface area contributed by atoms with Crippen LogP contribution < -0.4 is 0 Å². The van der Waals surface area contributed by atoms with Gasteiger partial charge in [0.1, 0.15) is 6.10 Å². The zero-order valence-electron chi connectivity index (χ0n) is 11.9. The Balaban J connectivity index is 2.33. The van der Waals surface area contributed by atoms with Crippen molar-refractivity contribution in [1.82, 2.24) is 0 Å². The molecule has 1 N–H and O–H groups in total. The van der Waals surface area contributed by atoms with Crippen molar-refractivity contribution < 1.29 is 19.6 Å². The number of esters is 1. The van der Waals surface area contributed by atoms with E-state index in [1.54, 1.807) is 24.3 Å². The summed E-state index contributed by atoms with van der Waals surface area (Å²) >= 11 is 0. The average Bonchev–Trinajstić information content (AvgIpc) is 2.53. The van der Waals surface area contributed by atoms with E-state index in [9.17, 15) is 20.0 Å². The second-order valence-corrected chi connectivity index (χ2v) is 4.73. The van der Waals surface area contributed by atoms with Crippen LogP contribution in [0, 0.1) is 10.1 Å². The fraction of sp³-hybridized carbons (Fsp3) is 0.188. The van der Waals surface area contributed by atoms with Gasteiger partial charge in [0, 0.05) is 19.1 Å². The van der Waals surface area contributed by atoms with Crippen LogP contribution in [-0.4, -0.2) is 16.0 Å². The third-order valence-corrected chi connectivity index (χ3v) is 3.15. The third-order valence-electron chi connectivity index (χ3n) is 3.15. The number of aliphatic hydroxyl groups excluding tert-OH is 1. The molecule has 2 rings (SSSR count). The quantitative estimate of drug-likeness (QED) is 0.521. The molecule has 0 saturated carbocycles. The smallest absolute Gasteiger partial charge is 0.303 e. The maximum Gasteiger partial charge on any atom is 0.303 e. The summed E-state index contributed by atoms with van der Waals surface area (Å²) in [6.45, 7) is 1.25. The molecule has 6 nitrogen and oxygen atoms in total. The van der Waals surface area contributed by atoms with Crippen LogP contribution in [0.3, 0.4) is 0 Å². The molecule has 0 saturated heterocycles. The predicted octanol–water partition coefficient (Wildman–Crippen LogP) is 2.93. The number of non-ortho nitro benzene ring substituents is 1. The molecule has 114 valence electrons. The molecule has 0 fully saturated rings. The zero-order valence-corrected chi connectivity index (χ0v) is 11.9. The van der Waals surface area contributed by atoms with Crippen molar-refractivity contribution in [2.75, 3.05) is 0 Å². The van der Waals surface area contributed by atoms with Gasteiger partial charge in [-0.25, -0.2) is 0 Å². The van der Waals surface area contributed by atoms with Crippen molar-refractivity contribution in [3.63, 3.8) is 0 Å². The first kappa shape index (κ1) is 15.7. The van der Waals surface area contributed by atoms with Crippen molar-refractivity contribution >= 4 is 11.7 Å². The van der Waals surface area contributed by atoms with Gasteiger partial charge in [-0.2, -0.15) is 0 Å². The minimum Gasteiger partial charge on any atom is -0.455 e. The van der Waals surface area contributed by atoms with Crippen molar-refractivity contribution in [3.05, 3.63) is 75.8 Å². The summed E-state index contributed by atoms with van der Waals surface area (Å²) < 4.78 is 5.19. The monoisotopic (exact) mass is 301 g/mol. The molecule has 0 amide bonds. The zero-order chi connectivity index (χ0) is 16.1. The Morgan fingerprint density at radius 3 is 2.18 bits per heavy atom. The number of carbonyl (C=O) groups excluding carboxylic acids is 1. The van der Waals surface area contributed by atoms with Gasteiger partial charge in [-0.3, -0.25) is 14.9 Å².